The van der Waals surface area contributed by atoms with E-state index in [1.165, 1.54) is 10.6 Å². The van der Waals surface area contributed by atoms with Crippen molar-refractivity contribution in [2.45, 2.75) is 6.43 Å². The molecule has 0 saturated heterocycles. The van der Waals surface area contributed by atoms with E-state index in [2.05, 4.69) is 9.97 Å². The number of fused-ring (bicyclic) bond motifs is 1. The van der Waals surface area contributed by atoms with Crippen LogP contribution in [0.3, 0.4) is 0 Å². The molecule has 0 spiro atoms. The first-order chi connectivity index (χ1) is 8.74. The monoisotopic (exact) mass is 245 g/mol. The van der Waals surface area contributed by atoms with Crippen LogP contribution in [0.5, 0.6) is 0 Å². The third-order valence-electron chi connectivity index (χ3n) is 2.66. The van der Waals surface area contributed by atoms with Crippen LogP contribution >= 0.6 is 0 Å². The van der Waals surface area contributed by atoms with E-state index in [9.17, 15) is 8.78 Å². The fourth-order valence-electron chi connectivity index (χ4n) is 1.79. The van der Waals surface area contributed by atoms with Crippen LogP contribution in [0.1, 0.15) is 12.1 Å². The number of rotatable bonds is 2. The van der Waals surface area contributed by atoms with Gasteiger partial charge in [0, 0.05) is 24.2 Å². The van der Waals surface area contributed by atoms with Crippen molar-refractivity contribution >= 4 is 5.78 Å². The van der Waals surface area contributed by atoms with E-state index in [0.29, 0.717) is 0 Å². The maximum atomic E-state index is 12.5. The van der Waals surface area contributed by atoms with Crippen LogP contribution in [-0.4, -0.2) is 14.4 Å². The molecule has 1 aromatic carbocycles. The molecule has 0 aliphatic heterocycles. The minimum atomic E-state index is -2.58. The standard InChI is InChI=1S/C13H9F2N3/c14-12(15)11-8-18-7-10(6-16-13(18)17-11)9-4-2-1-3-5-9/h1-8,12H. The Kier molecular flexibility index (Phi) is 2.51. The average molecular weight is 245 g/mol. The van der Waals surface area contributed by atoms with Crippen LogP contribution in [0.25, 0.3) is 16.9 Å². The van der Waals surface area contributed by atoms with Gasteiger partial charge in [-0.05, 0) is 5.56 Å². The molecule has 3 rings (SSSR count). The van der Waals surface area contributed by atoms with Gasteiger partial charge >= 0.3 is 0 Å². The molecule has 2 heterocycles. The molecule has 2 aromatic heterocycles. The van der Waals surface area contributed by atoms with Gasteiger partial charge in [0.05, 0.1) is 0 Å². The Morgan fingerprint density at radius 3 is 2.50 bits per heavy atom. The summed E-state index contributed by atoms with van der Waals surface area (Å²) in [5.41, 5.74) is 1.59. The predicted molar refractivity (Wildman–Crippen MR) is 63.4 cm³/mol. The summed E-state index contributed by atoms with van der Waals surface area (Å²) in [7, 11) is 0. The molecule has 90 valence electrons. The fourth-order valence-corrected chi connectivity index (χ4v) is 1.79. The molecule has 0 aliphatic carbocycles. The molecule has 0 amide bonds. The Labute approximate surface area is 102 Å². The van der Waals surface area contributed by atoms with Gasteiger partial charge in [-0.25, -0.2) is 18.7 Å². The van der Waals surface area contributed by atoms with E-state index in [4.69, 9.17) is 0 Å². The summed E-state index contributed by atoms with van der Waals surface area (Å²) in [6.45, 7) is 0. The third kappa shape index (κ3) is 1.84. The lowest BCUT2D eigenvalue weighted by atomic mass is 10.1. The van der Waals surface area contributed by atoms with Crippen molar-refractivity contribution in [1.82, 2.24) is 14.4 Å². The second-order valence-electron chi connectivity index (χ2n) is 3.88. The molecule has 3 nitrogen and oxygen atoms in total. The molecule has 5 heteroatoms. The lowest BCUT2D eigenvalue weighted by Crippen LogP contribution is -1.88. The summed E-state index contributed by atoms with van der Waals surface area (Å²) in [5, 5.41) is 0. The smallest absolute Gasteiger partial charge is 0.281 e. The minimum absolute atomic E-state index is 0.257. The van der Waals surface area contributed by atoms with Gasteiger partial charge in [-0.1, -0.05) is 30.3 Å². The minimum Gasteiger partial charge on any atom is -0.290 e. The highest BCUT2D eigenvalue weighted by Crippen LogP contribution is 2.21. The quantitative estimate of drug-likeness (QED) is 0.693. The van der Waals surface area contributed by atoms with Gasteiger partial charge < -0.3 is 0 Å². The zero-order valence-electron chi connectivity index (χ0n) is 9.29. The van der Waals surface area contributed by atoms with Crippen molar-refractivity contribution in [2.24, 2.45) is 0 Å². The number of hydrogen-bond acceptors (Lipinski definition) is 2. The molecule has 0 saturated carbocycles. The Hall–Kier alpha value is -2.30. The van der Waals surface area contributed by atoms with Gasteiger partial charge in [0.15, 0.2) is 0 Å². The summed E-state index contributed by atoms with van der Waals surface area (Å²) in [6.07, 6.45) is 2.11. The van der Waals surface area contributed by atoms with Gasteiger partial charge in [-0.3, -0.25) is 4.40 Å². The lowest BCUT2D eigenvalue weighted by molar-refractivity contribution is 0.146. The maximum absolute atomic E-state index is 12.5. The number of hydrogen-bond donors (Lipinski definition) is 0. The van der Waals surface area contributed by atoms with E-state index in [1.54, 1.807) is 12.4 Å². The van der Waals surface area contributed by atoms with Crippen molar-refractivity contribution in [3.63, 3.8) is 0 Å². The van der Waals surface area contributed by atoms with E-state index in [-0.39, 0.29) is 11.5 Å². The SMILES string of the molecule is FC(F)c1cn2cc(-c3ccccc3)cnc2n1. The first kappa shape index (κ1) is 10.8. The van der Waals surface area contributed by atoms with Gasteiger partial charge in [0.1, 0.15) is 5.69 Å². The molecule has 0 N–H and O–H groups in total. The van der Waals surface area contributed by atoms with Crippen molar-refractivity contribution in [3.05, 3.63) is 54.6 Å². The van der Waals surface area contributed by atoms with Crippen molar-refractivity contribution in [3.8, 4) is 11.1 Å². The Balaban J connectivity index is 2.11. The van der Waals surface area contributed by atoms with Crippen LogP contribution in [0.15, 0.2) is 48.9 Å². The van der Waals surface area contributed by atoms with E-state index >= 15 is 0 Å². The van der Waals surface area contributed by atoms with Crippen LogP contribution < -0.4 is 0 Å². The third-order valence-corrected chi connectivity index (χ3v) is 2.66. The molecule has 0 unspecified atom stereocenters. The molecule has 0 fully saturated rings. The molecule has 0 radical (unpaired) electrons. The number of halogens is 2. The van der Waals surface area contributed by atoms with Crippen molar-refractivity contribution < 1.29 is 8.78 Å². The van der Waals surface area contributed by atoms with Crippen LogP contribution in [0.4, 0.5) is 8.78 Å². The second kappa shape index (κ2) is 4.18. The number of aromatic nitrogens is 3. The first-order valence-corrected chi connectivity index (χ1v) is 5.42. The summed E-state index contributed by atoms with van der Waals surface area (Å²) < 4.78 is 26.6. The highest BCUT2D eigenvalue weighted by molar-refractivity contribution is 5.62. The van der Waals surface area contributed by atoms with E-state index < -0.39 is 6.43 Å². The van der Waals surface area contributed by atoms with E-state index in [1.807, 2.05) is 30.3 Å². The summed E-state index contributed by atoms with van der Waals surface area (Å²) >= 11 is 0. The number of benzene rings is 1. The molecule has 18 heavy (non-hydrogen) atoms. The average Bonchev–Trinajstić information content (AvgIpc) is 2.82. The molecule has 0 aliphatic rings. The zero-order valence-corrected chi connectivity index (χ0v) is 9.29. The topological polar surface area (TPSA) is 30.2 Å². The number of alkyl halides is 2. The Bertz CT molecular complexity index is 677. The van der Waals surface area contributed by atoms with Crippen molar-refractivity contribution in [2.75, 3.05) is 0 Å². The zero-order chi connectivity index (χ0) is 12.5. The normalized spacial score (nSPS) is 11.3. The highest BCUT2D eigenvalue weighted by Gasteiger charge is 2.12. The highest BCUT2D eigenvalue weighted by atomic mass is 19.3. The fraction of sp³-hybridized carbons (Fsp3) is 0.0769. The largest absolute Gasteiger partial charge is 0.290 e. The number of nitrogens with zero attached hydrogens (tertiary/aromatic N) is 3. The Morgan fingerprint density at radius 1 is 1.00 bits per heavy atom. The molecule has 0 bridgehead atoms. The van der Waals surface area contributed by atoms with Gasteiger partial charge in [-0.2, -0.15) is 0 Å². The molecule has 3 aromatic rings. The molecular weight excluding hydrogens is 236 g/mol. The molecular formula is C13H9F2N3. The summed E-state index contributed by atoms with van der Waals surface area (Å²) in [6, 6.07) is 9.62. The van der Waals surface area contributed by atoms with Crippen LogP contribution in [-0.2, 0) is 0 Å². The van der Waals surface area contributed by atoms with Gasteiger partial charge in [0.25, 0.3) is 6.43 Å². The van der Waals surface area contributed by atoms with E-state index in [0.717, 1.165) is 11.1 Å². The Morgan fingerprint density at radius 2 is 1.78 bits per heavy atom. The summed E-state index contributed by atoms with van der Waals surface area (Å²) in [4.78, 5) is 7.83. The lowest BCUT2D eigenvalue weighted by Gasteiger charge is -2.00. The van der Waals surface area contributed by atoms with Gasteiger partial charge in [-0.15, -0.1) is 0 Å². The predicted octanol–water partition coefficient (Wildman–Crippen LogP) is 3.33. The maximum Gasteiger partial charge on any atom is 0.281 e. The van der Waals surface area contributed by atoms with Gasteiger partial charge in [0.2, 0.25) is 5.78 Å². The number of imidazole rings is 1. The van der Waals surface area contributed by atoms with Crippen molar-refractivity contribution in [1.29, 1.82) is 0 Å². The summed E-state index contributed by atoms with van der Waals surface area (Å²) in [5.74, 6) is 0.282. The van der Waals surface area contributed by atoms with Crippen LogP contribution in [0.2, 0.25) is 0 Å². The first-order valence-electron chi connectivity index (χ1n) is 5.42. The molecule has 0 atom stereocenters. The second-order valence-corrected chi connectivity index (χ2v) is 3.88. The van der Waals surface area contributed by atoms with Crippen LogP contribution in [0, 0.1) is 0 Å².